The van der Waals surface area contributed by atoms with E-state index in [0.717, 1.165) is 5.56 Å². The molecule has 2 atom stereocenters. The maximum atomic E-state index is 12.3. The Bertz CT molecular complexity index is 791. The predicted octanol–water partition coefficient (Wildman–Crippen LogP) is 4.02. The topological polar surface area (TPSA) is 81.4 Å². The van der Waals surface area contributed by atoms with E-state index in [2.05, 4.69) is 31.3 Å². The number of amides is 1. The normalized spacial score (nSPS) is 12.6. The Labute approximate surface area is 173 Å². The summed E-state index contributed by atoms with van der Waals surface area (Å²) in [5, 5.41) is 2.82. The molecule has 0 bridgehead atoms. The average molecular weight is 405 g/mol. The van der Waals surface area contributed by atoms with Gasteiger partial charge in [0, 0.05) is 18.2 Å². The van der Waals surface area contributed by atoms with Gasteiger partial charge in [0.25, 0.3) is 5.91 Å². The molecule has 0 spiro atoms. The van der Waals surface area contributed by atoms with Crippen LogP contribution in [-0.4, -0.2) is 24.3 Å². The van der Waals surface area contributed by atoms with Crippen molar-refractivity contribution in [1.29, 1.82) is 0 Å². The van der Waals surface area contributed by atoms with Crippen LogP contribution in [0.15, 0.2) is 48.5 Å². The van der Waals surface area contributed by atoms with Gasteiger partial charge in [0.2, 0.25) is 0 Å². The molecule has 0 radical (unpaired) electrons. The van der Waals surface area contributed by atoms with Crippen molar-refractivity contribution in [3.63, 3.8) is 0 Å². The SMILES string of the molecule is CC(=O)c1cccc(OC(C)C(=O)NCC(N)c2ccc(C(C)C)cc2)c1.Cl. The minimum absolute atomic E-state index is 0. The quantitative estimate of drug-likeness (QED) is 0.651. The molecule has 0 aliphatic carbocycles. The minimum atomic E-state index is -0.692. The number of ketones is 1. The van der Waals surface area contributed by atoms with E-state index in [1.165, 1.54) is 12.5 Å². The molecular weight excluding hydrogens is 376 g/mol. The van der Waals surface area contributed by atoms with Crippen molar-refractivity contribution in [1.82, 2.24) is 5.32 Å². The Kier molecular flexibility index (Phi) is 9.16. The number of nitrogens with one attached hydrogen (secondary N) is 1. The first-order valence-corrected chi connectivity index (χ1v) is 9.18. The second-order valence-corrected chi connectivity index (χ2v) is 7.02. The number of halogens is 1. The standard InChI is InChI=1S/C22H28N2O3.ClH/c1-14(2)17-8-10-18(11-9-17)21(23)13-24-22(26)16(4)27-20-7-5-6-19(12-20)15(3)25;/h5-12,14,16,21H,13,23H2,1-4H3,(H,24,26);1H. The maximum absolute atomic E-state index is 12.3. The summed E-state index contributed by atoms with van der Waals surface area (Å²) in [6, 6.07) is 14.6. The molecule has 0 saturated carbocycles. The number of ether oxygens (including phenoxy) is 1. The second-order valence-electron chi connectivity index (χ2n) is 7.02. The van der Waals surface area contributed by atoms with Crippen molar-refractivity contribution in [3.8, 4) is 5.75 Å². The highest BCUT2D eigenvalue weighted by molar-refractivity contribution is 5.94. The van der Waals surface area contributed by atoms with Gasteiger partial charge in [0.05, 0.1) is 0 Å². The van der Waals surface area contributed by atoms with Gasteiger partial charge in [-0.2, -0.15) is 0 Å². The van der Waals surface area contributed by atoms with E-state index in [1.54, 1.807) is 31.2 Å². The van der Waals surface area contributed by atoms with E-state index in [4.69, 9.17) is 10.5 Å². The monoisotopic (exact) mass is 404 g/mol. The van der Waals surface area contributed by atoms with E-state index in [0.29, 0.717) is 23.8 Å². The Hall–Kier alpha value is -2.37. The molecule has 1 amide bonds. The van der Waals surface area contributed by atoms with Gasteiger partial charge in [0.1, 0.15) is 5.75 Å². The van der Waals surface area contributed by atoms with Crippen LogP contribution >= 0.6 is 12.4 Å². The average Bonchev–Trinajstić information content (AvgIpc) is 2.65. The van der Waals surface area contributed by atoms with E-state index >= 15 is 0 Å². The highest BCUT2D eigenvalue weighted by Gasteiger charge is 2.16. The summed E-state index contributed by atoms with van der Waals surface area (Å²) >= 11 is 0. The number of carbonyl (C=O) groups is 2. The number of rotatable bonds is 8. The molecule has 0 aromatic heterocycles. The lowest BCUT2D eigenvalue weighted by molar-refractivity contribution is -0.127. The van der Waals surface area contributed by atoms with Gasteiger partial charge >= 0.3 is 0 Å². The highest BCUT2D eigenvalue weighted by atomic mass is 35.5. The number of carbonyl (C=O) groups excluding carboxylic acids is 2. The smallest absolute Gasteiger partial charge is 0.260 e. The van der Waals surface area contributed by atoms with Gasteiger partial charge in [-0.05, 0) is 43.0 Å². The van der Waals surface area contributed by atoms with Crippen LogP contribution in [0.5, 0.6) is 5.75 Å². The second kappa shape index (κ2) is 10.8. The van der Waals surface area contributed by atoms with E-state index in [9.17, 15) is 9.59 Å². The van der Waals surface area contributed by atoms with Crippen LogP contribution in [0.4, 0.5) is 0 Å². The fourth-order valence-electron chi connectivity index (χ4n) is 2.65. The number of benzene rings is 2. The lowest BCUT2D eigenvalue weighted by Crippen LogP contribution is -2.40. The summed E-state index contributed by atoms with van der Waals surface area (Å²) in [5.74, 6) is 0.651. The first-order valence-electron chi connectivity index (χ1n) is 9.18. The fraction of sp³-hybridized carbons (Fsp3) is 0.364. The van der Waals surface area contributed by atoms with Crippen LogP contribution in [0.1, 0.15) is 61.1 Å². The van der Waals surface area contributed by atoms with Crippen molar-refractivity contribution >= 4 is 24.1 Å². The van der Waals surface area contributed by atoms with Crippen LogP contribution < -0.4 is 15.8 Å². The zero-order valence-electron chi connectivity index (χ0n) is 16.8. The van der Waals surface area contributed by atoms with Gasteiger partial charge in [-0.15, -0.1) is 12.4 Å². The van der Waals surface area contributed by atoms with Gasteiger partial charge < -0.3 is 15.8 Å². The van der Waals surface area contributed by atoms with E-state index in [-0.39, 0.29) is 30.1 Å². The molecule has 2 unspecified atom stereocenters. The van der Waals surface area contributed by atoms with Crippen molar-refractivity contribution in [2.24, 2.45) is 5.73 Å². The van der Waals surface area contributed by atoms with Gasteiger partial charge in [-0.1, -0.05) is 50.2 Å². The zero-order valence-corrected chi connectivity index (χ0v) is 17.6. The first kappa shape index (κ1) is 23.7. The molecule has 3 N–H and O–H groups in total. The van der Waals surface area contributed by atoms with Crippen LogP contribution in [0.3, 0.4) is 0 Å². The minimum Gasteiger partial charge on any atom is -0.481 e. The first-order chi connectivity index (χ1) is 12.8. The molecule has 5 nitrogen and oxygen atoms in total. The molecule has 2 rings (SSSR count). The van der Waals surface area contributed by atoms with E-state index in [1.807, 2.05) is 12.1 Å². The maximum Gasteiger partial charge on any atom is 0.260 e. The zero-order chi connectivity index (χ0) is 20.0. The number of nitrogens with two attached hydrogens (primary N) is 1. The summed E-state index contributed by atoms with van der Waals surface area (Å²) in [5.41, 5.74) is 8.96. The van der Waals surface area contributed by atoms with Crippen LogP contribution in [0, 0.1) is 0 Å². The van der Waals surface area contributed by atoms with Gasteiger partial charge in [-0.3, -0.25) is 9.59 Å². The van der Waals surface area contributed by atoms with Gasteiger partial charge in [-0.25, -0.2) is 0 Å². The molecule has 2 aromatic carbocycles. The third-order valence-electron chi connectivity index (χ3n) is 4.45. The third kappa shape index (κ3) is 6.66. The summed E-state index contributed by atoms with van der Waals surface area (Å²) in [6.45, 7) is 7.76. The molecule has 0 heterocycles. The lowest BCUT2D eigenvalue weighted by Gasteiger charge is -2.18. The van der Waals surface area contributed by atoms with Crippen molar-refractivity contribution in [2.45, 2.75) is 45.8 Å². The van der Waals surface area contributed by atoms with Crippen LogP contribution in [-0.2, 0) is 4.79 Å². The number of hydrogen-bond acceptors (Lipinski definition) is 4. The molecular formula is C22H29ClN2O3. The summed E-state index contributed by atoms with van der Waals surface area (Å²) in [6.07, 6.45) is -0.692. The fourth-order valence-corrected chi connectivity index (χ4v) is 2.65. The number of hydrogen-bond donors (Lipinski definition) is 2. The third-order valence-corrected chi connectivity index (χ3v) is 4.45. The lowest BCUT2D eigenvalue weighted by atomic mass is 9.99. The Morgan fingerprint density at radius 3 is 2.21 bits per heavy atom. The highest BCUT2D eigenvalue weighted by Crippen LogP contribution is 2.18. The molecule has 0 aliphatic heterocycles. The van der Waals surface area contributed by atoms with E-state index < -0.39 is 6.10 Å². The molecule has 2 aromatic rings. The molecule has 0 aliphatic rings. The molecule has 28 heavy (non-hydrogen) atoms. The number of Topliss-reactive ketones (excluding diaryl/α,β-unsaturated/α-hetero) is 1. The summed E-state index contributed by atoms with van der Waals surface area (Å²) in [4.78, 5) is 23.7. The largest absolute Gasteiger partial charge is 0.481 e. The Balaban J connectivity index is 0.00000392. The van der Waals surface area contributed by atoms with Crippen LogP contribution in [0.25, 0.3) is 0 Å². The van der Waals surface area contributed by atoms with Crippen molar-refractivity contribution in [3.05, 3.63) is 65.2 Å². The molecule has 0 saturated heterocycles. The molecule has 152 valence electrons. The van der Waals surface area contributed by atoms with Crippen molar-refractivity contribution < 1.29 is 14.3 Å². The van der Waals surface area contributed by atoms with Gasteiger partial charge in [0.15, 0.2) is 11.9 Å². The van der Waals surface area contributed by atoms with Crippen molar-refractivity contribution in [2.75, 3.05) is 6.54 Å². The molecule has 6 heteroatoms. The predicted molar refractivity (Wildman–Crippen MR) is 114 cm³/mol. The summed E-state index contributed by atoms with van der Waals surface area (Å²) < 4.78 is 5.64. The molecule has 0 fully saturated rings. The summed E-state index contributed by atoms with van der Waals surface area (Å²) in [7, 11) is 0. The van der Waals surface area contributed by atoms with Crippen LogP contribution in [0.2, 0.25) is 0 Å². The Morgan fingerprint density at radius 1 is 1.04 bits per heavy atom. The Morgan fingerprint density at radius 2 is 1.64 bits per heavy atom.